The highest BCUT2D eigenvalue weighted by atomic mass is 35.5. The first kappa shape index (κ1) is 16.9. The van der Waals surface area contributed by atoms with Gasteiger partial charge in [0.15, 0.2) is 0 Å². The summed E-state index contributed by atoms with van der Waals surface area (Å²) in [4.78, 5) is 23.7. The Hall–Kier alpha value is -1.20. The maximum absolute atomic E-state index is 11.7. The molecule has 0 spiro atoms. The number of hydrogen-bond acceptors (Lipinski definition) is 4. The molecule has 1 aromatic carbocycles. The molecule has 1 amide bonds. The molecule has 1 rings (SSSR count). The van der Waals surface area contributed by atoms with Crippen LogP contribution in [0.4, 0.5) is 0 Å². The molecule has 0 fully saturated rings. The predicted molar refractivity (Wildman–Crippen MR) is 81.0 cm³/mol. The number of methoxy groups -OCH3 is 1. The second kappa shape index (κ2) is 8.87. The molecule has 0 aliphatic rings. The average Bonchev–Trinajstić information content (AvgIpc) is 2.40. The minimum atomic E-state index is -0.330. The first-order valence-corrected chi connectivity index (χ1v) is 7.62. The van der Waals surface area contributed by atoms with E-state index in [2.05, 4.69) is 10.1 Å². The maximum atomic E-state index is 11.7. The number of rotatable bonds is 7. The number of thioether (sulfide) groups is 1. The first-order chi connectivity index (χ1) is 9.52. The lowest BCUT2D eigenvalue weighted by Crippen LogP contribution is -2.34. The summed E-state index contributed by atoms with van der Waals surface area (Å²) >= 11 is 7.56. The molecule has 0 aliphatic heterocycles. The van der Waals surface area contributed by atoms with Crippen molar-refractivity contribution >= 4 is 35.2 Å². The Kier molecular flexibility index (Phi) is 7.47. The normalized spacial score (nSPS) is 11.8. The highest BCUT2D eigenvalue weighted by Crippen LogP contribution is 2.26. The van der Waals surface area contributed by atoms with Crippen LogP contribution < -0.4 is 5.32 Å². The highest BCUT2D eigenvalue weighted by molar-refractivity contribution is 7.99. The van der Waals surface area contributed by atoms with Crippen LogP contribution in [0.15, 0.2) is 29.2 Å². The fourth-order valence-corrected chi connectivity index (χ4v) is 2.73. The Bertz CT molecular complexity index is 467. The quantitative estimate of drug-likeness (QED) is 0.621. The lowest BCUT2D eigenvalue weighted by Gasteiger charge is -2.12. The zero-order chi connectivity index (χ0) is 15.0. The van der Waals surface area contributed by atoms with Gasteiger partial charge in [0.25, 0.3) is 0 Å². The SMILES string of the molecule is COC(=O)CC(C)NC(=O)CCSc1ccccc1Cl. The van der Waals surface area contributed by atoms with Crippen molar-refractivity contribution in [3.05, 3.63) is 29.3 Å². The molecule has 0 heterocycles. The van der Waals surface area contributed by atoms with Crippen LogP contribution in [-0.4, -0.2) is 30.8 Å². The van der Waals surface area contributed by atoms with Gasteiger partial charge in [-0.2, -0.15) is 0 Å². The number of ether oxygens (including phenoxy) is 1. The monoisotopic (exact) mass is 315 g/mol. The Morgan fingerprint density at radius 3 is 2.75 bits per heavy atom. The minimum absolute atomic E-state index is 0.0824. The van der Waals surface area contributed by atoms with Gasteiger partial charge in [-0.1, -0.05) is 23.7 Å². The predicted octanol–water partition coefficient (Wildman–Crippen LogP) is 2.89. The van der Waals surface area contributed by atoms with Gasteiger partial charge in [-0.3, -0.25) is 9.59 Å². The average molecular weight is 316 g/mol. The van der Waals surface area contributed by atoms with Crippen LogP contribution in [0.25, 0.3) is 0 Å². The zero-order valence-corrected chi connectivity index (χ0v) is 13.1. The number of amides is 1. The van der Waals surface area contributed by atoms with Gasteiger partial charge >= 0.3 is 5.97 Å². The van der Waals surface area contributed by atoms with Gasteiger partial charge in [0.2, 0.25) is 5.91 Å². The standard InChI is InChI=1S/C14H18ClNO3S/c1-10(9-14(18)19-2)16-13(17)7-8-20-12-6-4-3-5-11(12)15/h3-6,10H,7-9H2,1-2H3,(H,16,17). The molecule has 0 saturated carbocycles. The number of benzene rings is 1. The molecule has 0 bridgehead atoms. The molecule has 0 aliphatic carbocycles. The third kappa shape index (κ3) is 6.30. The van der Waals surface area contributed by atoms with Crippen LogP contribution in [0, 0.1) is 0 Å². The Morgan fingerprint density at radius 2 is 2.10 bits per heavy atom. The van der Waals surface area contributed by atoms with Gasteiger partial charge in [-0.15, -0.1) is 11.8 Å². The van der Waals surface area contributed by atoms with Crippen molar-refractivity contribution < 1.29 is 14.3 Å². The Labute approximate surface area is 128 Å². The van der Waals surface area contributed by atoms with E-state index in [0.29, 0.717) is 17.2 Å². The molecular formula is C14H18ClNO3S. The second-order valence-corrected chi connectivity index (χ2v) is 5.82. The second-order valence-electron chi connectivity index (χ2n) is 4.28. The van der Waals surface area contributed by atoms with E-state index in [4.69, 9.17) is 11.6 Å². The van der Waals surface area contributed by atoms with Crippen LogP contribution >= 0.6 is 23.4 Å². The van der Waals surface area contributed by atoms with Crippen LogP contribution in [0.3, 0.4) is 0 Å². The number of hydrogen-bond donors (Lipinski definition) is 1. The number of halogens is 1. The smallest absolute Gasteiger partial charge is 0.307 e. The zero-order valence-electron chi connectivity index (χ0n) is 11.5. The van der Waals surface area contributed by atoms with Crippen molar-refractivity contribution in [3.63, 3.8) is 0 Å². The van der Waals surface area contributed by atoms with E-state index in [-0.39, 0.29) is 24.3 Å². The molecule has 1 unspecified atom stereocenters. The van der Waals surface area contributed by atoms with E-state index in [0.717, 1.165) is 4.90 Å². The van der Waals surface area contributed by atoms with Crippen molar-refractivity contribution in [1.29, 1.82) is 0 Å². The van der Waals surface area contributed by atoms with Crippen molar-refractivity contribution in [3.8, 4) is 0 Å². The van der Waals surface area contributed by atoms with Crippen LogP contribution in [-0.2, 0) is 14.3 Å². The molecule has 1 N–H and O–H groups in total. The number of nitrogens with one attached hydrogen (secondary N) is 1. The number of esters is 1. The summed E-state index contributed by atoms with van der Waals surface area (Å²) in [5.74, 6) is 0.227. The Balaban J connectivity index is 2.27. The lowest BCUT2D eigenvalue weighted by atomic mass is 10.2. The van der Waals surface area contributed by atoms with E-state index in [9.17, 15) is 9.59 Å². The summed E-state index contributed by atoms with van der Waals surface area (Å²) in [5, 5.41) is 3.45. The lowest BCUT2D eigenvalue weighted by molar-refractivity contribution is -0.141. The van der Waals surface area contributed by atoms with E-state index in [1.54, 1.807) is 6.92 Å². The largest absolute Gasteiger partial charge is 0.469 e. The maximum Gasteiger partial charge on any atom is 0.307 e. The van der Waals surface area contributed by atoms with Crippen molar-refractivity contribution in [2.45, 2.75) is 30.7 Å². The van der Waals surface area contributed by atoms with E-state index >= 15 is 0 Å². The summed E-state index contributed by atoms with van der Waals surface area (Å²) in [5.41, 5.74) is 0. The molecule has 0 saturated heterocycles. The first-order valence-electron chi connectivity index (χ1n) is 6.26. The topological polar surface area (TPSA) is 55.4 Å². The van der Waals surface area contributed by atoms with Crippen LogP contribution in [0.5, 0.6) is 0 Å². The molecule has 4 nitrogen and oxygen atoms in total. The van der Waals surface area contributed by atoms with Crippen LogP contribution in [0.1, 0.15) is 19.8 Å². The van der Waals surface area contributed by atoms with Gasteiger partial charge in [0.1, 0.15) is 0 Å². The van der Waals surface area contributed by atoms with Gasteiger partial charge in [0, 0.05) is 23.1 Å². The molecular weight excluding hydrogens is 298 g/mol. The molecule has 0 radical (unpaired) electrons. The molecule has 1 aromatic rings. The van der Waals surface area contributed by atoms with Gasteiger partial charge < -0.3 is 10.1 Å². The van der Waals surface area contributed by atoms with Crippen molar-refractivity contribution in [2.75, 3.05) is 12.9 Å². The molecule has 20 heavy (non-hydrogen) atoms. The fraction of sp³-hybridized carbons (Fsp3) is 0.429. The number of carbonyl (C=O) groups is 2. The minimum Gasteiger partial charge on any atom is -0.469 e. The summed E-state index contributed by atoms with van der Waals surface area (Å²) in [7, 11) is 1.33. The van der Waals surface area contributed by atoms with Crippen molar-refractivity contribution in [1.82, 2.24) is 5.32 Å². The molecule has 0 aromatic heterocycles. The molecule has 6 heteroatoms. The van der Waals surface area contributed by atoms with Gasteiger partial charge in [-0.05, 0) is 19.1 Å². The van der Waals surface area contributed by atoms with Gasteiger partial charge in [0.05, 0.1) is 18.6 Å². The van der Waals surface area contributed by atoms with Gasteiger partial charge in [-0.25, -0.2) is 0 Å². The summed E-state index contributed by atoms with van der Waals surface area (Å²) in [6.07, 6.45) is 0.557. The Morgan fingerprint density at radius 1 is 1.40 bits per heavy atom. The highest BCUT2D eigenvalue weighted by Gasteiger charge is 2.12. The van der Waals surface area contributed by atoms with E-state index in [1.807, 2.05) is 24.3 Å². The third-order valence-electron chi connectivity index (χ3n) is 2.53. The summed E-state index contributed by atoms with van der Waals surface area (Å²) < 4.78 is 4.55. The third-order valence-corrected chi connectivity index (χ3v) is 4.05. The fourth-order valence-electron chi connectivity index (χ4n) is 1.55. The van der Waals surface area contributed by atoms with Crippen molar-refractivity contribution in [2.24, 2.45) is 0 Å². The molecule has 1 atom stereocenters. The van der Waals surface area contributed by atoms with E-state index in [1.165, 1.54) is 18.9 Å². The van der Waals surface area contributed by atoms with E-state index < -0.39 is 0 Å². The van der Waals surface area contributed by atoms with Crippen LogP contribution in [0.2, 0.25) is 5.02 Å². The molecule has 110 valence electrons. The summed E-state index contributed by atoms with van der Waals surface area (Å²) in [6, 6.07) is 7.30. The summed E-state index contributed by atoms with van der Waals surface area (Å²) in [6.45, 7) is 1.77. The number of carbonyl (C=O) groups excluding carboxylic acids is 2.